The number of carboxylic acid groups (broad SMARTS) is 1. The van der Waals surface area contributed by atoms with E-state index < -0.39 is 5.97 Å². The molecule has 2 N–H and O–H groups in total. The summed E-state index contributed by atoms with van der Waals surface area (Å²) in [5.74, 6) is 1.17. The van der Waals surface area contributed by atoms with E-state index in [-0.39, 0.29) is 22.7 Å². The highest BCUT2D eigenvalue weighted by molar-refractivity contribution is 5.97. The fourth-order valence-corrected chi connectivity index (χ4v) is 7.96. The molecule has 0 unspecified atom stereocenters. The van der Waals surface area contributed by atoms with Gasteiger partial charge in [0.25, 0.3) is 5.91 Å². The molecule has 6 heteroatoms. The summed E-state index contributed by atoms with van der Waals surface area (Å²) in [7, 11) is 0. The van der Waals surface area contributed by atoms with Crippen LogP contribution in [-0.4, -0.2) is 34.7 Å². The van der Waals surface area contributed by atoms with E-state index in [2.05, 4.69) is 55.8 Å². The van der Waals surface area contributed by atoms with Crippen LogP contribution >= 0.6 is 0 Å². The second-order valence-electron chi connectivity index (χ2n) is 14.9. The minimum Gasteiger partial charge on any atom is -0.493 e. The van der Waals surface area contributed by atoms with Gasteiger partial charge in [-0.1, -0.05) is 40.0 Å². The van der Waals surface area contributed by atoms with Crippen LogP contribution in [0.1, 0.15) is 125 Å². The predicted molar refractivity (Wildman–Crippen MR) is 166 cm³/mol. The maximum Gasteiger partial charge on any atom is 0.306 e. The van der Waals surface area contributed by atoms with Crippen LogP contribution in [0.25, 0.3) is 11.3 Å². The van der Waals surface area contributed by atoms with Gasteiger partial charge in [0.15, 0.2) is 0 Å². The van der Waals surface area contributed by atoms with E-state index in [4.69, 9.17) is 4.74 Å². The van der Waals surface area contributed by atoms with E-state index in [0.29, 0.717) is 31.2 Å². The second-order valence-corrected chi connectivity index (χ2v) is 14.9. The van der Waals surface area contributed by atoms with Crippen LogP contribution in [0.5, 0.6) is 5.75 Å². The first-order valence-electron chi connectivity index (χ1n) is 16.6. The number of hydrogen-bond acceptors (Lipinski definition) is 3. The molecule has 0 radical (unpaired) electrons. The number of carbonyl (C=O) groups excluding carboxylic acids is 1. The topological polar surface area (TPSA) is 80.6 Å². The molecule has 3 aliphatic carbocycles. The van der Waals surface area contributed by atoms with Crippen LogP contribution < -0.4 is 10.1 Å². The second kappa shape index (κ2) is 11.4. The van der Waals surface area contributed by atoms with Crippen molar-refractivity contribution in [1.82, 2.24) is 9.88 Å². The van der Waals surface area contributed by atoms with Gasteiger partial charge in [0, 0.05) is 41.0 Å². The zero-order valence-corrected chi connectivity index (χ0v) is 26.2. The molecule has 1 aromatic heterocycles. The van der Waals surface area contributed by atoms with Gasteiger partial charge in [-0.05, 0) is 106 Å². The van der Waals surface area contributed by atoms with Crippen molar-refractivity contribution < 1.29 is 19.4 Å². The van der Waals surface area contributed by atoms with Gasteiger partial charge in [0.1, 0.15) is 5.75 Å². The van der Waals surface area contributed by atoms with Crippen molar-refractivity contribution in [3.63, 3.8) is 0 Å². The van der Waals surface area contributed by atoms with Gasteiger partial charge in [-0.2, -0.15) is 0 Å². The maximum atomic E-state index is 13.7. The number of carbonyl (C=O) groups is 2. The minimum absolute atomic E-state index is 0.00694. The summed E-state index contributed by atoms with van der Waals surface area (Å²) in [5, 5.41) is 12.6. The summed E-state index contributed by atoms with van der Waals surface area (Å²) in [6.45, 7) is 11.3. The molecule has 2 aromatic rings. The Morgan fingerprint density at radius 1 is 0.976 bits per heavy atom. The summed E-state index contributed by atoms with van der Waals surface area (Å²) in [6, 6.07) is 6.88. The first-order chi connectivity index (χ1) is 20.1. The largest absolute Gasteiger partial charge is 0.493 e. The molecule has 2 heterocycles. The van der Waals surface area contributed by atoms with Crippen molar-refractivity contribution >= 4 is 11.9 Å². The number of nitrogens with zero attached hydrogens (tertiary/aromatic N) is 1. The summed E-state index contributed by atoms with van der Waals surface area (Å²) < 4.78 is 8.82. The Hall–Kier alpha value is -2.76. The average molecular weight is 575 g/mol. The fraction of sp³-hybridized carbons (Fsp3) is 0.667. The highest BCUT2D eigenvalue weighted by atomic mass is 16.5. The average Bonchev–Trinajstić information content (AvgIpc) is 3.67. The third kappa shape index (κ3) is 5.75. The van der Waals surface area contributed by atoms with Gasteiger partial charge >= 0.3 is 5.97 Å². The van der Waals surface area contributed by atoms with E-state index in [1.807, 2.05) is 0 Å². The number of amides is 1. The molecule has 1 amide bonds. The molecule has 228 valence electrons. The Labute approximate surface area is 251 Å². The number of aliphatic carboxylic acids is 1. The Morgan fingerprint density at radius 3 is 2.33 bits per heavy atom. The molecule has 3 saturated carbocycles. The molecule has 4 aliphatic rings. The lowest BCUT2D eigenvalue weighted by atomic mass is 9.79. The molecule has 6 rings (SSSR count). The van der Waals surface area contributed by atoms with Crippen LogP contribution in [0.3, 0.4) is 0 Å². The molecule has 0 bridgehead atoms. The highest BCUT2D eigenvalue weighted by Gasteiger charge is 2.49. The van der Waals surface area contributed by atoms with Crippen molar-refractivity contribution in [2.75, 3.05) is 13.2 Å². The van der Waals surface area contributed by atoms with Gasteiger partial charge in [-0.3, -0.25) is 9.59 Å². The van der Waals surface area contributed by atoms with Gasteiger partial charge in [0.2, 0.25) is 0 Å². The number of carboxylic acids is 1. The molecule has 1 aromatic carbocycles. The van der Waals surface area contributed by atoms with Crippen molar-refractivity contribution in [3.05, 3.63) is 40.6 Å². The van der Waals surface area contributed by atoms with E-state index >= 15 is 0 Å². The Morgan fingerprint density at radius 2 is 1.69 bits per heavy atom. The van der Waals surface area contributed by atoms with Crippen LogP contribution in [0.2, 0.25) is 0 Å². The van der Waals surface area contributed by atoms with Crippen molar-refractivity contribution in [2.45, 2.75) is 122 Å². The van der Waals surface area contributed by atoms with Crippen LogP contribution in [0.4, 0.5) is 0 Å². The SMILES string of the molecule is Cc1c(C(=O)NCC2CCC(C(=O)O)CC2)cc(-c2cc(C(C)(C)C)c3c(c2)C2(CCO3)CC2)n1CC1CCCCC1. The Bertz CT molecular complexity index is 1310. The monoisotopic (exact) mass is 574 g/mol. The van der Waals surface area contributed by atoms with E-state index in [1.165, 1.54) is 61.6 Å². The van der Waals surface area contributed by atoms with Gasteiger partial charge < -0.3 is 19.7 Å². The smallest absolute Gasteiger partial charge is 0.306 e. The van der Waals surface area contributed by atoms with Crippen LogP contribution in [0.15, 0.2) is 18.2 Å². The molecule has 1 spiro atoms. The molecule has 3 fully saturated rings. The van der Waals surface area contributed by atoms with Gasteiger partial charge in [-0.25, -0.2) is 0 Å². The number of aromatic nitrogens is 1. The summed E-state index contributed by atoms with van der Waals surface area (Å²) in [4.78, 5) is 25.1. The maximum absolute atomic E-state index is 13.7. The van der Waals surface area contributed by atoms with E-state index in [9.17, 15) is 14.7 Å². The third-order valence-corrected chi connectivity index (χ3v) is 11.0. The zero-order valence-electron chi connectivity index (χ0n) is 26.2. The molecule has 0 atom stereocenters. The molecular weight excluding hydrogens is 524 g/mol. The van der Waals surface area contributed by atoms with Gasteiger partial charge in [0.05, 0.1) is 18.1 Å². The van der Waals surface area contributed by atoms with Crippen LogP contribution in [0, 0.1) is 24.7 Å². The first kappa shape index (κ1) is 29.3. The minimum atomic E-state index is -0.684. The zero-order chi connectivity index (χ0) is 29.6. The summed E-state index contributed by atoms with van der Waals surface area (Å²) >= 11 is 0. The Balaban J connectivity index is 1.33. The highest BCUT2D eigenvalue weighted by Crippen LogP contribution is 2.58. The quantitative estimate of drug-likeness (QED) is 0.354. The molecule has 6 nitrogen and oxygen atoms in total. The first-order valence-corrected chi connectivity index (χ1v) is 16.6. The lowest BCUT2D eigenvalue weighted by molar-refractivity contribution is -0.143. The number of ether oxygens (including phenoxy) is 1. The van der Waals surface area contributed by atoms with Crippen molar-refractivity contribution in [3.8, 4) is 17.0 Å². The van der Waals surface area contributed by atoms with Crippen molar-refractivity contribution in [2.24, 2.45) is 17.8 Å². The standard InChI is InChI=1S/C36H50N2O4/c1-23-28(33(39)37-21-24-10-12-26(13-11-24)34(40)41)20-31(38(23)22-25-8-6-5-7-9-25)27-18-29(35(2,3)4)32-30(19-27)36(14-15-36)16-17-42-32/h18-20,24-26H,5-17,21-22H2,1-4H3,(H,37,39)(H,40,41). The fourth-order valence-electron chi connectivity index (χ4n) is 7.96. The Kier molecular flexibility index (Phi) is 7.95. The normalized spacial score (nSPS) is 23.7. The lowest BCUT2D eigenvalue weighted by Gasteiger charge is -2.33. The molecule has 1 aliphatic heterocycles. The van der Waals surface area contributed by atoms with E-state index in [0.717, 1.165) is 55.1 Å². The van der Waals surface area contributed by atoms with Gasteiger partial charge in [-0.15, -0.1) is 0 Å². The number of benzene rings is 1. The summed E-state index contributed by atoms with van der Waals surface area (Å²) in [5.41, 5.74) is 7.04. The van der Waals surface area contributed by atoms with Crippen LogP contribution in [-0.2, 0) is 22.2 Å². The molecule has 42 heavy (non-hydrogen) atoms. The third-order valence-electron chi connectivity index (χ3n) is 11.0. The number of rotatable bonds is 7. The molecular formula is C36H50N2O4. The molecule has 0 saturated heterocycles. The lowest BCUT2D eigenvalue weighted by Crippen LogP contribution is -2.32. The summed E-state index contributed by atoms with van der Waals surface area (Å²) in [6.07, 6.45) is 13.1. The number of fused-ring (bicyclic) bond motifs is 2. The van der Waals surface area contributed by atoms with E-state index in [1.54, 1.807) is 0 Å². The number of hydrogen-bond donors (Lipinski definition) is 2. The van der Waals surface area contributed by atoms with Crippen molar-refractivity contribution in [1.29, 1.82) is 0 Å². The number of nitrogens with one attached hydrogen (secondary N) is 1. The predicted octanol–water partition coefficient (Wildman–Crippen LogP) is 7.78.